The van der Waals surface area contributed by atoms with Crippen LogP contribution in [0.2, 0.25) is 0 Å². The van der Waals surface area contributed by atoms with Crippen LogP contribution >= 0.6 is 11.9 Å². The van der Waals surface area contributed by atoms with E-state index in [1.807, 2.05) is 0 Å². The zero-order chi connectivity index (χ0) is 14.4. The molecule has 104 valence electrons. The van der Waals surface area contributed by atoms with Gasteiger partial charge in [-0.2, -0.15) is 0 Å². The molecule has 2 aromatic rings. The van der Waals surface area contributed by atoms with Gasteiger partial charge >= 0.3 is 5.97 Å². The Labute approximate surface area is 123 Å². The van der Waals surface area contributed by atoms with Crippen LogP contribution in [-0.4, -0.2) is 11.1 Å². The van der Waals surface area contributed by atoms with E-state index in [9.17, 15) is 4.79 Å². The van der Waals surface area contributed by atoms with E-state index >= 15 is 0 Å². The lowest BCUT2D eigenvalue weighted by Gasteiger charge is -2.06. The SMILES string of the molecule is CCCc1ccc(SNc2ccc(C(=O)O)cc2)cc1. The van der Waals surface area contributed by atoms with Crippen LogP contribution in [0.5, 0.6) is 0 Å². The first-order valence-electron chi connectivity index (χ1n) is 6.54. The molecule has 0 unspecified atom stereocenters. The van der Waals surface area contributed by atoms with Crippen LogP contribution in [0.3, 0.4) is 0 Å². The molecule has 2 N–H and O–H groups in total. The molecule has 4 heteroatoms. The first-order chi connectivity index (χ1) is 9.69. The van der Waals surface area contributed by atoms with E-state index in [0.29, 0.717) is 5.56 Å². The largest absolute Gasteiger partial charge is 0.478 e. The average molecular weight is 287 g/mol. The van der Waals surface area contributed by atoms with Gasteiger partial charge in [0.2, 0.25) is 0 Å². The monoisotopic (exact) mass is 287 g/mol. The molecule has 0 aliphatic heterocycles. The summed E-state index contributed by atoms with van der Waals surface area (Å²) in [5.74, 6) is -0.907. The fraction of sp³-hybridized carbons (Fsp3) is 0.188. The number of anilines is 1. The zero-order valence-corrected chi connectivity index (χ0v) is 12.1. The standard InChI is InChI=1S/C16H17NO2S/c1-2-3-12-4-10-15(11-5-12)20-17-14-8-6-13(7-9-14)16(18)19/h4-11,17H,2-3H2,1H3,(H,18,19). The van der Waals surface area contributed by atoms with Crippen molar-refractivity contribution >= 4 is 23.6 Å². The summed E-state index contributed by atoms with van der Waals surface area (Å²) in [4.78, 5) is 11.9. The topological polar surface area (TPSA) is 49.3 Å². The van der Waals surface area contributed by atoms with E-state index in [-0.39, 0.29) is 0 Å². The molecular formula is C16H17NO2S. The normalized spacial score (nSPS) is 10.2. The minimum atomic E-state index is -0.907. The Hall–Kier alpha value is -1.94. The van der Waals surface area contributed by atoms with Gasteiger partial charge in [0.25, 0.3) is 0 Å². The third-order valence-corrected chi connectivity index (χ3v) is 3.73. The average Bonchev–Trinajstić information content (AvgIpc) is 2.47. The van der Waals surface area contributed by atoms with E-state index in [0.717, 1.165) is 23.4 Å². The van der Waals surface area contributed by atoms with E-state index in [1.165, 1.54) is 17.5 Å². The lowest BCUT2D eigenvalue weighted by atomic mass is 10.1. The lowest BCUT2D eigenvalue weighted by Crippen LogP contribution is -1.95. The summed E-state index contributed by atoms with van der Waals surface area (Å²) in [7, 11) is 0. The van der Waals surface area contributed by atoms with Gasteiger partial charge in [-0.15, -0.1) is 0 Å². The van der Waals surface area contributed by atoms with Gasteiger partial charge in [0, 0.05) is 10.6 Å². The molecule has 0 amide bonds. The smallest absolute Gasteiger partial charge is 0.335 e. The number of carboxylic acids is 1. The van der Waals surface area contributed by atoms with Crippen LogP contribution in [-0.2, 0) is 6.42 Å². The van der Waals surface area contributed by atoms with Crippen molar-refractivity contribution in [3.63, 3.8) is 0 Å². The molecule has 0 aliphatic carbocycles. The fourth-order valence-corrected chi connectivity index (χ4v) is 2.46. The van der Waals surface area contributed by atoms with E-state index < -0.39 is 5.97 Å². The third-order valence-electron chi connectivity index (χ3n) is 2.88. The number of hydrogen-bond acceptors (Lipinski definition) is 3. The maximum absolute atomic E-state index is 10.8. The summed E-state index contributed by atoms with van der Waals surface area (Å²) in [5, 5.41) is 8.83. The van der Waals surface area contributed by atoms with Gasteiger partial charge in [-0.25, -0.2) is 4.79 Å². The van der Waals surface area contributed by atoms with Gasteiger partial charge in [0.15, 0.2) is 0 Å². The van der Waals surface area contributed by atoms with Crippen LogP contribution in [0.1, 0.15) is 29.3 Å². The second kappa shape index (κ2) is 7.01. The van der Waals surface area contributed by atoms with Crippen molar-refractivity contribution < 1.29 is 9.90 Å². The summed E-state index contributed by atoms with van der Waals surface area (Å²) in [6.45, 7) is 2.17. The van der Waals surface area contributed by atoms with Gasteiger partial charge in [0.05, 0.1) is 5.56 Å². The summed E-state index contributed by atoms with van der Waals surface area (Å²) in [6.07, 6.45) is 2.26. The number of rotatable bonds is 6. The third kappa shape index (κ3) is 4.03. The molecule has 0 aromatic heterocycles. The number of hydrogen-bond donors (Lipinski definition) is 2. The molecule has 0 aliphatic rings. The predicted octanol–water partition coefficient (Wildman–Crippen LogP) is 4.46. The zero-order valence-electron chi connectivity index (χ0n) is 11.3. The molecule has 0 saturated carbocycles. The number of benzene rings is 2. The highest BCUT2D eigenvalue weighted by molar-refractivity contribution is 8.00. The Morgan fingerprint density at radius 3 is 2.30 bits per heavy atom. The predicted molar refractivity (Wildman–Crippen MR) is 83.3 cm³/mol. The van der Waals surface area contributed by atoms with Crippen molar-refractivity contribution in [1.82, 2.24) is 0 Å². The molecule has 0 radical (unpaired) electrons. The van der Waals surface area contributed by atoms with Crippen molar-refractivity contribution in [2.75, 3.05) is 4.72 Å². The van der Waals surface area contributed by atoms with Crippen molar-refractivity contribution in [1.29, 1.82) is 0 Å². The highest BCUT2D eigenvalue weighted by atomic mass is 32.2. The van der Waals surface area contributed by atoms with Crippen LogP contribution in [0.15, 0.2) is 53.4 Å². The van der Waals surface area contributed by atoms with E-state index in [1.54, 1.807) is 24.3 Å². The highest BCUT2D eigenvalue weighted by Gasteiger charge is 2.02. The number of aromatic carboxylic acids is 1. The van der Waals surface area contributed by atoms with Gasteiger partial charge in [-0.05, 0) is 60.3 Å². The summed E-state index contributed by atoms with van der Waals surface area (Å²) in [5.41, 5.74) is 2.53. The quantitative estimate of drug-likeness (QED) is 0.770. The number of carbonyl (C=O) groups is 1. The summed E-state index contributed by atoms with van der Waals surface area (Å²) >= 11 is 1.52. The molecule has 0 atom stereocenters. The first kappa shape index (κ1) is 14.5. The fourth-order valence-electron chi connectivity index (χ4n) is 1.81. The first-order valence-corrected chi connectivity index (χ1v) is 7.36. The van der Waals surface area contributed by atoms with Crippen molar-refractivity contribution in [2.24, 2.45) is 0 Å². The molecule has 0 spiro atoms. The Morgan fingerprint density at radius 1 is 1.10 bits per heavy atom. The molecule has 2 rings (SSSR count). The van der Waals surface area contributed by atoms with Gasteiger partial charge in [-0.1, -0.05) is 25.5 Å². The van der Waals surface area contributed by atoms with Crippen LogP contribution in [0.25, 0.3) is 0 Å². The second-order valence-corrected chi connectivity index (χ2v) is 5.36. The number of carboxylic acid groups (broad SMARTS) is 1. The highest BCUT2D eigenvalue weighted by Crippen LogP contribution is 2.22. The minimum Gasteiger partial charge on any atom is -0.478 e. The number of aryl methyl sites for hydroxylation is 1. The summed E-state index contributed by atoms with van der Waals surface area (Å²) < 4.78 is 3.20. The maximum Gasteiger partial charge on any atom is 0.335 e. The summed E-state index contributed by atoms with van der Waals surface area (Å²) in [6, 6.07) is 15.2. The molecule has 20 heavy (non-hydrogen) atoms. The molecular weight excluding hydrogens is 270 g/mol. The Bertz CT molecular complexity index is 564. The number of nitrogens with one attached hydrogen (secondary N) is 1. The maximum atomic E-state index is 10.8. The van der Waals surface area contributed by atoms with Crippen LogP contribution < -0.4 is 4.72 Å². The van der Waals surface area contributed by atoms with E-state index in [2.05, 4.69) is 35.9 Å². The Morgan fingerprint density at radius 2 is 1.75 bits per heavy atom. The second-order valence-electron chi connectivity index (χ2n) is 4.48. The molecule has 0 heterocycles. The lowest BCUT2D eigenvalue weighted by molar-refractivity contribution is 0.0697. The van der Waals surface area contributed by atoms with Crippen molar-refractivity contribution in [3.8, 4) is 0 Å². The molecule has 0 bridgehead atoms. The minimum absolute atomic E-state index is 0.296. The Kier molecular flexibility index (Phi) is 5.07. The van der Waals surface area contributed by atoms with Crippen LogP contribution in [0.4, 0.5) is 5.69 Å². The molecule has 0 fully saturated rings. The molecule has 3 nitrogen and oxygen atoms in total. The Balaban J connectivity index is 1.92. The van der Waals surface area contributed by atoms with Crippen molar-refractivity contribution in [3.05, 3.63) is 59.7 Å². The van der Waals surface area contributed by atoms with Gasteiger partial charge in [-0.3, -0.25) is 0 Å². The van der Waals surface area contributed by atoms with Gasteiger partial charge < -0.3 is 9.83 Å². The van der Waals surface area contributed by atoms with Crippen LogP contribution in [0, 0.1) is 0 Å². The molecule has 2 aromatic carbocycles. The van der Waals surface area contributed by atoms with Crippen molar-refractivity contribution in [2.45, 2.75) is 24.7 Å². The van der Waals surface area contributed by atoms with Gasteiger partial charge in [0.1, 0.15) is 0 Å². The van der Waals surface area contributed by atoms with E-state index in [4.69, 9.17) is 5.11 Å². The molecule has 0 saturated heterocycles.